The second-order valence-corrected chi connectivity index (χ2v) is 3.55. The van der Waals surface area contributed by atoms with Crippen molar-refractivity contribution in [2.45, 2.75) is 18.8 Å². The van der Waals surface area contributed by atoms with Gasteiger partial charge in [-0.05, 0) is 25.0 Å². The lowest BCUT2D eigenvalue weighted by atomic mass is 10.2. The first-order valence-corrected chi connectivity index (χ1v) is 4.48. The molecule has 0 aliphatic heterocycles. The summed E-state index contributed by atoms with van der Waals surface area (Å²) in [6.45, 7) is 0. The molecule has 1 aliphatic rings. The predicted molar refractivity (Wildman–Crippen MR) is 48.0 cm³/mol. The molecule has 0 aromatic carbocycles. The van der Waals surface area contributed by atoms with Crippen LogP contribution in [0.1, 0.15) is 24.5 Å². The zero-order valence-corrected chi connectivity index (χ0v) is 7.05. The Morgan fingerprint density at radius 1 is 1.46 bits per heavy atom. The second-order valence-electron chi connectivity index (χ2n) is 3.55. The number of nitrogens with one attached hydrogen (secondary N) is 1. The molecule has 0 radical (unpaired) electrons. The van der Waals surface area contributed by atoms with Gasteiger partial charge in [0, 0.05) is 17.5 Å². The van der Waals surface area contributed by atoms with Crippen LogP contribution in [0.4, 0.5) is 4.39 Å². The fourth-order valence-electron chi connectivity index (χ4n) is 1.61. The normalized spacial score (nSPS) is 16.7. The summed E-state index contributed by atoms with van der Waals surface area (Å²) in [5, 5.41) is 0.849. The van der Waals surface area contributed by atoms with Gasteiger partial charge < -0.3 is 4.98 Å². The number of rotatable bonds is 1. The number of nitrogens with zero attached hydrogens (tertiary/aromatic N) is 1. The van der Waals surface area contributed by atoms with E-state index in [4.69, 9.17) is 0 Å². The van der Waals surface area contributed by atoms with Gasteiger partial charge in [0.05, 0.1) is 5.69 Å². The van der Waals surface area contributed by atoms with E-state index in [9.17, 15) is 4.39 Å². The monoisotopic (exact) mass is 176 g/mol. The fourth-order valence-corrected chi connectivity index (χ4v) is 1.61. The van der Waals surface area contributed by atoms with Gasteiger partial charge in [-0.15, -0.1) is 0 Å². The molecule has 0 amide bonds. The Kier molecular flexibility index (Phi) is 1.26. The van der Waals surface area contributed by atoms with E-state index in [1.807, 2.05) is 6.07 Å². The van der Waals surface area contributed by atoms with E-state index in [0.717, 1.165) is 23.9 Å². The van der Waals surface area contributed by atoms with E-state index in [1.54, 1.807) is 12.3 Å². The van der Waals surface area contributed by atoms with Crippen molar-refractivity contribution in [3.63, 3.8) is 0 Å². The van der Waals surface area contributed by atoms with Gasteiger partial charge >= 0.3 is 0 Å². The van der Waals surface area contributed by atoms with E-state index in [-0.39, 0.29) is 5.82 Å². The van der Waals surface area contributed by atoms with Gasteiger partial charge in [0.1, 0.15) is 11.5 Å². The second kappa shape index (κ2) is 2.31. The molecule has 13 heavy (non-hydrogen) atoms. The summed E-state index contributed by atoms with van der Waals surface area (Å²) < 4.78 is 13.4. The molecule has 0 bridgehead atoms. The first-order valence-electron chi connectivity index (χ1n) is 4.48. The highest BCUT2D eigenvalue weighted by Gasteiger charge is 2.28. The number of H-pyrrole nitrogens is 1. The van der Waals surface area contributed by atoms with E-state index in [1.165, 1.54) is 0 Å². The minimum atomic E-state index is -0.158. The molecule has 3 heteroatoms. The van der Waals surface area contributed by atoms with Crippen LogP contribution in [0.2, 0.25) is 0 Å². The largest absolute Gasteiger partial charge is 0.346 e. The number of pyridine rings is 1. The van der Waals surface area contributed by atoms with E-state index >= 15 is 0 Å². The molecule has 0 unspecified atom stereocenters. The molecule has 1 N–H and O–H groups in total. The van der Waals surface area contributed by atoms with E-state index in [0.29, 0.717) is 11.6 Å². The van der Waals surface area contributed by atoms with Gasteiger partial charge in [0.25, 0.3) is 0 Å². The van der Waals surface area contributed by atoms with Gasteiger partial charge in [0.2, 0.25) is 0 Å². The zero-order chi connectivity index (χ0) is 8.84. The van der Waals surface area contributed by atoms with Crippen molar-refractivity contribution in [2.24, 2.45) is 0 Å². The third-order valence-electron chi connectivity index (χ3n) is 2.48. The van der Waals surface area contributed by atoms with Crippen LogP contribution >= 0.6 is 0 Å². The summed E-state index contributed by atoms with van der Waals surface area (Å²) in [6.07, 6.45) is 3.94. The van der Waals surface area contributed by atoms with Crippen molar-refractivity contribution in [3.05, 3.63) is 29.8 Å². The topological polar surface area (TPSA) is 28.7 Å². The minimum absolute atomic E-state index is 0.158. The number of hydrogen-bond acceptors (Lipinski definition) is 1. The van der Waals surface area contributed by atoms with E-state index in [2.05, 4.69) is 9.97 Å². The maximum absolute atomic E-state index is 13.4. The molecule has 2 aromatic heterocycles. The zero-order valence-electron chi connectivity index (χ0n) is 7.05. The number of aromatic amines is 1. The Balaban J connectivity index is 2.27. The molecule has 1 saturated carbocycles. The lowest BCUT2D eigenvalue weighted by Crippen LogP contribution is -1.92. The standard InChI is InChI=1S/C10H9FN2/c11-8-5-7-3-4-12-10(7)13-9(8)6-1-2-6/h3-6H,1-2H2,(H,12,13). The molecule has 0 atom stereocenters. The van der Waals surface area contributed by atoms with Crippen molar-refractivity contribution in [1.82, 2.24) is 9.97 Å². The summed E-state index contributed by atoms with van der Waals surface area (Å²) in [5.74, 6) is 0.210. The molecule has 1 aliphatic carbocycles. The maximum atomic E-state index is 13.4. The Hall–Kier alpha value is -1.38. The molecular weight excluding hydrogens is 167 g/mol. The molecule has 2 heterocycles. The number of hydrogen-bond donors (Lipinski definition) is 1. The highest BCUT2D eigenvalue weighted by atomic mass is 19.1. The van der Waals surface area contributed by atoms with E-state index < -0.39 is 0 Å². The Morgan fingerprint density at radius 3 is 3.08 bits per heavy atom. The summed E-state index contributed by atoms with van der Waals surface area (Å²) in [6, 6.07) is 3.40. The molecule has 66 valence electrons. The van der Waals surface area contributed by atoms with Crippen LogP contribution in [0.15, 0.2) is 18.3 Å². The van der Waals surface area contributed by atoms with Crippen LogP contribution in [0.3, 0.4) is 0 Å². The molecule has 0 spiro atoms. The predicted octanol–water partition coefficient (Wildman–Crippen LogP) is 2.58. The summed E-state index contributed by atoms with van der Waals surface area (Å²) in [5.41, 5.74) is 1.43. The number of aromatic nitrogens is 2. The number of fused-ring (bicyclic) bond motifs is 1. The van der Waals surface area contributed by atoms with Crippen LogP contribution < -0.4 is 0 Å². The average Bonchev–Trinajstić information content (AvgIpc) is 2.85. The van der Waals surface area contributed by atoms with Gasteiger partial charge in [-0.1, -0.05) is 0 Å². The van der Waals surface area contributed by atoms with Gasteiger partial charge in [0.15, 0.2) is 0 Å². The van der Waals surface area contributed by atoms with Crippen molar-refractivity contribution in [2.75, 3.05) is 0 Å². The lowest BCUT2D eigenvalue weighted by molar-refractivity contribution is 0.603. The van der Waals surface area contributed by atoms with Gasteiger partial charge in [-0.3, -0.25) is 0 Å². The maximum Gasteiger partial charge on any atom is 0.145 e. The third-order valence-corrected chi connectivity index (χ3v) is 2.48. The van der Waals surface area contributed by atoms with Crippen molar-refractivity contribution < 1.29 is 4.39 Å². The van der Waals surface area contributed by atoms with Crippen molar-refractivity contribution in [1.29, 1.82) is 0 Å². The van der Waals surface area contributed by atoms with Crippen LogP contribution in [0.25, 0.3) is 11.0 Å². The average molecular weight is 176 g/mol. The quantitative estimate of drug-likeness (QED) is 0.710. The smallest absolute Gasteiger partial charge is 0.145 e. The SMILES string of the molecule is Fc1cc2cc[nH]c2nc1C1CC1. The van der Waals surface area contributed by atoms with Crippen LogP contribution in [0, 0.1) is 5.82 Å². The molecular formula is C10H9FN2. The van der Waals surface area contributed by atoms with Crippen LogP contribution in [-0.2, 0) is 0 Å². The first kappa shape index (κ1) is 7.06. The first-order chi connectivity index (χ1) is 6.34. The molecule has 2 nitrogen and oxygen atoms in total. The summed E-state index contributed by atoms with van der Waals surface area (Å²) >= 11 is 0. The molecule has 0 saturated heterocycles. The summed E-state index contributed by atoms with van der Waals surface area (Å²) in [7, 11) is 0. The molecule has 2 aromatic rings. The van der Waals surface area contributed by atoms with Gasteiger partial charge in [-0.2, -0.15) is 0 Å². The Labute approximate surface area is 74.8 Å². The summed E-state index contributed by atoms with van der Waals surface area (Å²) in [4.78, 5) is 7.26. The molecule has 3 rings (SSSR count). The lowest BCUT2D eigenvalue weighted by Gasteiger charge is -1.99. The van der Waals surface area contributed by atoms with Crippen molar-refractivity contribution >= 4 is 11.0 Å². The van der Waals surface area contributed by atoms with Gasteiger partial charge in [-0.25, -0.2) is 9.37 Å². The van der Waals surface area contributed by atoms with Crippen LogP contribution in [-0.4, -0.2) is 9.97 Å². The Morgan fingerprint density at radius 2 is 2.31 bits per heavy atom. The highest BCUT2D eigenvalue weighted by molar-refractivity contribution is 5.75. The van der Waals surface area contributed by atoms with Crippen molar-refractivity contribution in [3.8, 4) is 0 Å². The molecule has 1 fully saturated rings. The van der Waals surface area contributed by atoms with Crippen LogP contribution in [0.5, 0.6) is 0 Å². The third kappa shape index (κ3) is 1.03. The number of halogens is 1. The fraction of sp³-hybridized carbons (Fsp3) is 0.300. The minimum Gasteiger partial charge on any atom is -0.346 e. The highest BCUT2D eigenvalue weighted by Crippen LogP contribution is 2.40. The Bertz CT molecular complexity index is 457.